The minimum Gasteiger partial charge on any atom is -0.481 e. The average Bonchev–Trinajstić information content (AvgIpc) is 2.93. The Morgan fingerprint density at radius 2 is 2.25 bits per heavy atom. The number of nitrogens with one attached hydrogen (secondary N) is 1. The molecule has 0 spiro atoms. The predicted molar refractivity (Wildman–Crippen MR) is 80.1 cm³/mol. The first kappa shape index (κ1) is 16.5. The molecule has 0 aliphatic rings. The second kappa shape index (κ2) is 8.58. The highest BCUT2D eigenvalue weighted by Gasteiger charge is 2.11. The van der Waals surface area contributed by atoms with Crippen molar-refractivity contribution in [2.24, 2.45) is 5.92 Å². The van der Waals surface area contributed by atoms with Gasteiger partial charge in [-0.2, -0.15) is 0 Å². The number of thiophene rings is 1. The number of likely N-dealkylation sites (N-methyl/N-ethyl adjacent to an activating group) is 1. The summed E-state index contributed by atoms with van der Waals surface area (Å²) in [6.45, 7) is 2.87. The van der Waals surface area contributed by atoms with Crippen LogP contribution in [-0.2, 0) is 11.2 Å². The molecule has 2 N–H and O–H groups in total. The van der Waals surface area contributed by atoms with Crippen molar-refractivity contribution < 1.29 is 14.7 Å². The van der Waals surface area contributed by atoms with Crippen molar-refractivity contribution in [1.82, 2.24) is 10.2 Å². The number of amides is 2. The minimum absolute atomic E-state index is 0.107. The molecule has 1 atom stereocenters. The SMILES string of the molecule is CC(CCCNC(=O)N(C)CCc1cccs1)C(=O)O. The lowest BCUT2D eigenvalue weighted by molar-refractivity contribution is -0.141. The quantitative estimate of drug-likeness (QED) is 0.724. The van der Waals surface area contributed by atoms with Gasteiger partial charge in [0.25, 0.3) is 0 Å². The lowest BCUT2D eigenvalue weighted by atomic mass is 10.1. The van der Waals surface area contributed by atoms with Crippen LogP contribution in [0.3, 0.4) is 0 Å². The third-order valence-corrected chi connectivity index (χ3v) is 4.07. The monoisotopic (exact) mass is 298 g/mol. The fourth-order valence-electron chi connectivity index (χ4n) is 1.70. The molecular formula is C14H22N2O3S. The fraction of sp³-hybridized carbons (Fsp3) is 0.571. The first-order valence-electron chi connectivity index (χ1n) is 6.75. The average molecular weight is 298 g/mol. The summed E-state index contributed by atoms with van der Waals surface area (Å²) in [5.74, 6) is -1.15. The smallest absolute Gasteiger partial charge is 0.317 e. The Hall–Kier alpha value is -1.56. The molecule has 2 amide bonds. The largest absolute Gasteiger partial charge is 0.481 e. The standard InChI is InChI=1S/C14H22N2O3S/c1-11(13(17)18)5-3-8-15-14(19)16(2)9-7-12-6-4-10-20-12/h4,6,10-11H,3,5,7-9H2,1-2H3,(H,15,19)(H,17,18). The summed E-state index contributed by atoms with van der Waals surface area (Å²) in [6.07, 6.45) is 2.12. The van der Waals surface area contributed by atoms with Gasteiger partial charge in [-0.3, -0.25) is 4.79 Å². The number of carboxylic acid groups (broad SMARTS) is 1. The summed E-state index contributed by atoms with van der Waals surface area (Å²) in [5, 5.41) is 13.6. The minimum atomic E-state index is -0.788. The maximum Gasteiger partial charge on any atom is 0.317 e. The molecule has 1 heterocycles. The van der Waals surface area contributed by atoms with E-state index in [2.05, 4.69) is 11.4 Å². The van der Waals surface area contributed by atoms with E-state index in [0.717, 1.165) is 6.42 Å². The second-order valence-corrected chi connectivity index (χ2v) is 5.90. The molecule has 0 saturated carbocycles. The lowest BCUT2D eigenvalue weighted by Gasteiger charge is -2.17. The van der Waals surface area contributed by atoms with Gasteiger partial charge in [0.1, 0.15) is 0 Å². The van der Waals surface area contributed by atoms with Crippen molar-refractivity contribution in [2.45, 2.75) is 26.2 Å². The van der Waals surface area contributed by atoms with Gasteiger partial charge < -0.3 is 15.3 Å². The van der Waals surface area contributed by atoms with Gasteiger partial charge in [-0.25, -0.2) is 4.79 Å². The molecule has 0 aromatic carbocycles. The highest BCUT2D eigenvalue weighted by Crippen LogP contribution is 2.09. The van der Waals surface area contributed by atoms with Crippen molar-refractivity contribution in [3.63, 3.8) is 0 Å². The number of carbonyl (C=O) groups is 2. The Labute approximate surface area is 123 Å². The number of hydrogen-bond donors (Lipinski definition) is 2. The zero-order valence-corrected chi connectivity index (χ0v) is 12.8. The molecule has 0 saturated heterocycles. The number of urea groups is 1. The molecule has 1 unspecified atom stereocenters. The zero-order chi connectivity index (χ0) is 15.0. The van der Waals surface area contributed by atoms with E-state index in [0.29, 0.717) is 25.9 Å². The molecule has 0 bridgehead atoms. The summed E-state index contributed by atoms with van der Waals surface area (Å²) >= 11 is 1.69. The van der Waals surface area contributed by atoms with Crippen LogP contribution in [0.1, 0.15) is 24.6 Å². The maximum absolute atomic E-state index is 11.8. The second-order valence-electron chi connectivity index (χ2n) is 4.86. The van der Waals surface area contributed by atoms with E-state index in [1.54, 1.807) is 30.2 Å². The zero-order valence-electron chi connectivity index (χ0n) is 12.0. The molecule has 1 aromatic rings. The van der Waals surface area contributed by atoms with Gasteiger partial charge in [-0.05, 0) is 30.7 Å². The van der Waals surface area contributed by atoms with Gasteiger partial charge in [0.05, 0.1) is 5.92 Å². The van der Waals surface area contributed by atoms with E-state index < -0.39 is 5.97 Å². The molecule has 0 aliphatic heterocycles. The van der Waals surface area contributed by atoms with Crippen LogP contribution in [0, 0.1) is 5.92 Å². The fourth-order valence-corrected chi connectivity index (χ4v) is 2.39. The van der Waals surface area contributed by atoms with Gasteiger partial charge in [-0.1, -0.05) is 13.0 Å². The van der Waals surface area contributed by atoms with Crippen molar-refractivity contribution in [2.75, 3.05) is 20.1 Å². The van der Waals surface area contributed by atoms with Crippen LogP contribution >= 0.6 is 11.3 Å². The summed E-state index contributed by atoms with van der Waals surface area (Å²) in [4.78, 5) is 25.3. The van der Waals surface area contributed by atoms with Gasteiger partial charge in [0.15, 0.2) is 0 Å². The number of carboxylic acids is 1. The molecule has 1 aromatic heterocycles. The van der Waals surface area contributed by atoms with Crippen molar-refractivity contribution in [3.05, 3.63) is 22.4 Å². The molecule has 6 heteroatoms. The Morgan fingerprint density at radius 1 is 1.50 bits per heavy atom. The number of rotatable bonds is 8. The predicted octanol–water partition coefficient (Wildman–Crippen LogP) is 2.43. The molecule has 112 valence electrons. The maximum atomic E-state index is 11.8. The first-order valence-corrected chi connectivity index (χ1v) is 7.63. The Morgan fingerprint density at radius 3 is 2.85 bits per heavy atom. The van der Waals surface area contributed by atoms with Crippen LogP contribution in [0.5, 0.6) is 0 Å². The normalized spacial score (nSPS) is 11.9. The molecule has 0 radical (unpaired) electrons. The third-order valence-electron chi connectivity index (χ3n) is 3.13. The van der Waals surface area contributed by atoms with E-state index in [1.807, 2.05) is 11.4 Å². The van der Waals surface area contributed by atoms with Crippen LogP contribution in [0.15, 0.2) is 17.5 Å². The number of hydrogen-bond acceptors (Lipinski definition) is 3. The Balaban J connectivity index is 2.13. The first-order chi connectivity index (χ1) is 9.50. The van der Waals surface area contributed by atoms with Gasteiger partial charge >= 0.3 is 12.0 Å². The van der Waals surface area contributed by atoms with Crippen molar-refractivity contribution in [1.29, 1.82) is 0 Å². The molecule has 20 heavy (non-hydrogen) atoms. The summed E-state index contributed by atoms with van der Waals surface area (Å²) < 4.78 is 0. The van der Waals surface area contributed by atoms with Crippen LogP contribution in [0.4, 0.5) is 4.79 Å². The molecule has 0 fully saturated rings. The molecular weight excluding hydrogens is 276 g/mol. The topological polar surface area (TPSA) is 69.6 Å². The van der Waals surface area contributed by atoms with Gasteiger partial charge in [0.2, 0.25) is 0 Å². The van der Waals surface area contributed by atoms with Gasteiger partial charge in [-0.15, -0.1) is 11.3 Å². The molecule has 1 rings (SSSR count). The van der Waals surface area contributed by atoms with E-state index in [-0.39, 0.29) is 11.9 Å². The Kier molecular flexibility index (Phi) is 7.08. The van der Waals surface area contributed by atoms with Crippen LogP contribution in [0.2, 0.25) is 0 Å². The van der Waals surface area contributed by atoms with Gasteiger partial charge in [0, 0.05) is 25.0 Å². The highest BCUT2D eigenvalue weighted by molar-refractivity contribution is 7.09. The van der Waals surface area contributed by atoms with E-state index >= 15 is 0 Å². The molecule has 0 aliphatic carbocycles. The van der Waals surface area contributed by atoms with Crippen molar-refractivity contribution in [3.8, 4) is 0 Å². The van der Waals surface area contributed by atoms with E-state index in [1.165, 1.54) is 4.88 Å². The van der Waals surface area contributed by atoms with Crippen LogP contribution in [-0.4, -0.2) is 42.1 Å². The summed E-state index contributed by atoms with van der Waals surface area (Å²) in [6, 6.07) is 3.96. The summed E-state index contributed by atoms with van der Waals surface area (Å²) in [7, 11) is 1.77. The Bertz CT molecular complexity index is 420. The third kappa shape index (κ3) is 6.06. The van der Waals surface area contributed by atoms with Crippen LogP contribution in [0.25, 0.3) is 0 Å². The van der Waals surface area contributed by atoms with E-state index in [4.69, 9.17) is 5.11 Å². The molecule has 5 nitrogen and oxygen atoms in total. The lowest BCUT2D eigenvalue weighted by Crippen LogP contribution is -2.38. The number of carbonyl (C=O) groups excluding carboxylic acids is 1. The van der Waals surface area contributed by atoms with Crippen molar-refractivity contribution >= 4 is 23.3 Å². The highest BCUT2D eigenvalue weighted by atomic mass is 32.1. The number of nitrogens with zero attached hydrogens (tertiary/aromatic N) is 1. The van der Waals surface area contributed by atoms with E-state index in [9.17, 15) is 9.59 Å². The van der Waals surface area contributed by atoms with Crippen LogP contribution < -0.4 is 5.32 Å². The number of aliphatic carboxylic acids is 1. The summed E-state index contributed by atoms with van der Waals surface area (Å²) in [5.41, 5.74) is 0.